The topological polar surface area (TPSA) is 77.2 Å². The molecule has 1 amide bonds. The molecule has 6 nitrogen and oxygen atoms in total. The van der Waals surface area contributed by atoms with Crippen LogP contribution in [0, 0.1) is 5.82 Å². The van der Waals surface area contributed by atoms with Gasteiger partial charge in [-0.3, -0.25) is 4.79 Å². The lowest BCUT2D eigenvalue weighted by Crippen LogP contribution is -2.12. The van der Waals surface area contributed by atoms with E-state index in [0.717, 1.165) is 0 Å². The number of amides is 1. The zero-order chi connectivity index (χ0) is 16.2. The van der Waals surface area contributed by atoms with E-state index in [0.29, 0.717) is 22.6 Å². The van der Waals surface area contributed by atoms with Gasteiger partial charge in [0.25, 0.3) is 5.91 Å². The number of carbonyl (C=O) groups is 1. The number of rotatable bonds is 4. The second-order valence-electron chi connectivity index (χ2n) is 4.65. The molecule has 23 heavy (non-hydrogen) atoms. The second-order valence-corrected chi connectivity index (χ2v) is 4.65. The van der Waals surface area contributed by atoms with Crippen LogP contribution in [-0.2, 0) is 0 Å². The zero-order valence-electron chi connectivity index (χ0n) is 12.1. The van der Waals surface area contributed by atoms with E-state index in [2.05, 4.69) is 20.3 Å². The monoisotopic (exact) mass is 313 g/mol. The van der Waals surface area contributed by atoms with Crippen LogP contribution in [0.4, 0.5) is 10.2 Å². The molecule has 0 saturated heterocycles. The van der Waals surface area contributed by atoms with Crippen molar-refractivity contribution in [2.45, 2.75) is 0 Å². The van der Waals surface area contributed by atoms with Crippen molar-refractivity contribution < 1.29 is 18.6 Å². The second kappa shape index (κ2) is 6.27. The number of aromatic nitrogens is 2. The molecular weight excluding hydrogens is 301 g/mol. The summed E-state index contributed by atoms with van der Waals surface area (Å²) >= 11 is 0. The summed E-state index contributed by atoms with van der Waals surface area (Å²) in [5, 5.41) is 10.0. The van der Waals surface area contributed by atoms with Gasteiger partial charge in [-0.1, -0.05) is 6.07 Å². The molecule has 0 radical (unpaired) electrons. The average molecular weight is 313 g/mol. The average Bonchev–Trinajstić information content (AvgIpc) is 3.03. The predicted molar refractivity (Wildman–Crippen MR) is 80.6 cm³/mol. The van der Waals surface area contributed by atoms with Gasteiger partial charge in [0.2, 0.25) is 5.82 Å². The molecule has 3 rings (SSSR count). The highest BCUT2D eigenvalue weighted by Gasteiger charge is 2.16. The first-order chi connectivity index (χ1) is 11.2. The molecular formula is C16H12FN3O3. The summed E-state index contributed by atoms with van der Waals surface area (Å²) in [4.78, 5) is 12.3. The summed E-state index contributed by atoms with van der Waals surface area (Å²) in [6.45, 7) is 0. The number of anilines is 1. The van der Waals surface area contributed by atoms with Crippen LogP contribution in [-0.4, -0.2) is 23.3 Å². The molecule has 0 bridgehead atoms. The van der Waals surface area contributed by atoms with Crippen molar-refractivity contribution in [3.05, 3.63) is 59.9 Å². The molecule has 0 spiro atoms. The van der Waals surface area contributed by atoms with Crippen molar-refractivity contribution in [1.29, 1.82) is 0 Å². The largest absolute Gasteiger partial charge is 0.497 e. The third-order valence-corrected chi connectivity index (χ3v) is 3.17. The van der Waals surface area contributed by atoms with E-state index in [1.807, 2.05) is 0 Å². The Morgan fingerprint density at radius 3 is 2.70 bits per heavy atom. The maximum absolute atomic E-state index is 13.0. The molecule has 116 valence electrons. The molecule has 7 heteroatoms. The number of carbonyl (C=O) groups excluding carboxylic acids is 1. The van der Waals surface area contributed by atoms with Crippen LogP contribution in [0.15, 0.2) is 53.2 Å². The first-order valence-electron chi connectivity index (χ1n) is 6.71. The highest BCUT2D eigenvalue weighted by Crippen LogP contribution is 2.25. The Balaban J connectivity index is 1.85. The van der Waals surface area contributed by atoms with E-state index in [1.165, 1.54) is 31.4 Å². The van der Waals surface area contributed by atoms with Crippen LogP contribution in [0.5, 0.6) is 5.75 Å². The summed E-state index contributed by atoms with van der Waals surface area (Å²) in [5.74, 6) is -0.0331. The highest BCUT2D eigenvalue weighted by molar-refractivity contribution is 6.05. The van der Waals surface area contributed by atoms with Crippen LogP contribution in [0.3, 0.4) is 0 Å². The SMILES string of the molecule is COc1cccc(C(=O)Nc2nonc2-c2ccc(F)cc2)c1. The Kier molecular flexibility index (Phi) is 4.01. The standard InChI is InChI=1S/C16H12FN3O3/c1-22-13-4-2-3-11(9-13)16(21)18-15-14(19-23-20-15)10-5-7-12(17)8-6-10/h2-9H,1H3,(H,18,20,21). The molecule has 0 unspecified atom stereocenters. The van der Waals surface area contributed by atoms with Crippen molar-refractivity contribution >= 4 is 11.7 Å². The number of ether oxygens (including phenoxy) is 1. The molecule has 1 N–H and O–H groups in total. The molecule has 0 aliphatic heterocycles. The van der Waals surface area contributed by atoms with Gasteiger partial charge in [-0.05, 0) is 52.8 Å². The Labute approximate surface area is 130 Å². The normalized spacial score (nSPS) is 10.3. The number of nitrogens with zero attached hydrogens (tertiary/aromatic N) is 2. The van der Waals surface area contributed by atoms with Crippen LogP contribution < -0.4 is 10.1 Å². The first kappa shape index (κ1) is 14.7. The number of methoxy groups -OCH3 is 1. The van der Waals surface area contributed by atoms with Gasteiger partial charge in [-0.25, -0.2) is 9.02 Å². The zero-order valence-corrected chi connectivity index (χ0v) is 12.1. The quantitative estimate of drug-likeness (QED) is 0.800. The van der Waals surface area contributed by atoms with Crippen LogP contribution in [0.1, 0.15) is 10.4 Å². The van der Waals surface area contributed by atoms with E-state index in [-0.39, 0.29) is 17.5 Å². The van der Waals surface area contributed by atoms with Crippen molar-refractivity contribution in [3.63, 3.8) is 0 Å². The lowest BCUT2D eigenvalue weighted by atomic mass is 10.1. The number of benzene rings is 2. The highest BCUT2D eigenvalue weighted by atomic mass is 19.1. The molecule has 0 aliphatic carbocycles. The fourth-order valence-corrected chi connectivity index (χ4v) is 2.01. The molecule has 0 fully saturated rings. The van der Waals surface area contributed by atoms with E-state index >= 15 is 0 Å². The van der Waals surface area contributed by atoms with Crippen molar-refractivity contribution in [2.24, 2.45) is 0 Å². The van der Waals surface area contributed by atoms with Gasteiger partial charge in [0.05, 0.1) is 7.11 Å². The Hall–Kier alpha value is -3.22. The molecule has 1 heterocycles. The Morgan fingerprint density at radius 1 is 1.17 bits per heavy atom. The van der Waals surface area contributed by atoms with Crippen molar-refractivity contribution in [1.82, 2.24) is 10.3 Å². The molecule has 0 saturated carbocycles. The van der Waals surface area contributed by atoms with Gasteiger partial charge in [0.1, 0.15) is 11.6 Å². The van der Waals surface area contributed by atoms with Crippen molar-refractivity contribution in [2.75, 3.05) is 12.4 Å². The third kappa shape index (κ3) is 3.18. The Morgan fingerprint density at radius 2 is 1.96 bits per heavy atom. The molecule has 0 aliphatic rings. The summed E-state index contributed by atoms with van der Waals surface area (Å²) in [6.07, 6.45) is 0. The van der Waals surface area contributed by atoms with Gasteiger partial charge >= 0.3 is 0 Å². The lowest BCUT2D eigenvalue weighted by molar-refractivity contribution is 0.102. The van der Waals surface area contributed by atoms with Gasteiger partial charge in [-0.15, -0.1) is 0 Å². The van der Waals surface area contributed by atoms with Gasteiger partial charge in [-0.2, -0.15) is 0 Å². The maximum Gasteiger partial charge on any atom is 0.257 e. The predicted octanol–water partition coefficient (Wildman–Crippen LogP) is 3.14. The lowest BCUT2D eigenvalue weighted by Gasteiger charge is -2.05. The number of hydrogen-bond donors (Lipinski definition) is 1. The minimum atomic E-state index is -0.386. The summed E-state index contributed by atoms with van der Waals surface area (Å²) in [7, 11) is 1.52. The van der Waals surface area contributed by atoms with Gasteiger partial charge < -0.3 is 10.1 Å². The van der Waals surface area contributed by atoms with E-state index in [9.17, 15) is 9.18 Å². The molecule has 0 atom stereocenters. The van der Waals surface area contributed by atoms with Crippen molar-refractivity contribution in [3.8, 4) is 17.0 Å². The third-order valence-electron chi connectivity index (χ3n) is 3.17. The summed E-state index contributed by atoms with van der Waals surface area (Å²) in [5.41, 5.74) is 1.30. The maximum atomic E-state index is 13.0. The van der Waals surface area contributed by atoms with Crippen LogP contribution in [0.25, 0.3) is 11.3 Å². The number of nitrogens with one attached hydrogen (secondary N) is 1. The fraction of sp³-hybridized carbons (Fsp3) is 0.0625. The summed E-state index contributed by atoms with van der Waals surface area (Å²) in [6, 6.07) is 12.3. The fourth-order valence-electron chi connectivity index (χ4n) is 2.01. The van der Waals surface area contributed by atoms with Gasteiger partial charge in [0, 0.05) is 11.1 Å². The number of hydrogen-bond acceptors (Lipinski definition) is 5. The van der Waals surface area contributed by atoms with Crippen LogP contribution >= 0.6 is 0 Å². The molecule has 3 aromatic rings. The smallest absolute Gasteiger partial charge is 0.257 e. The summed E-state index contributed by atoms with van der Waals surface area (Å²) < 4.78 is 22.8. The molecule has 2 aromatic carbocycles. The van der Waals surface area contributed by atoms with E-state index in [1.54, 1.807) is 24.3 Å². The van der Waals surface area contributed by atoms with E-state index in [4.69, 9.17) is 4.74 Å². The Bertz CT molecular complexity index is 831. The first-order valence-corrected chi connectivity index (χ1v) is 6.71. The number of halogens is 1. The minimum absolute atomic E-state index is 0.157. The molecule has 1 aromatic heterocycles. The van der Waals surface area contributed by atoms with E-state index < -0.39 is 0 Å². The van der Waals surface area contributed by atoms with Crippen LogP contribution in [0.2, 0.25) is 0 Å². The minimum Gasteiger partial charge on any atom is -0.497 e. The van der Waals surface area contributed by atoms with Gasteiger partial charge in [0.15, 0.2) is 5.69 Å².